The Morgan fingerprint density at radius 2 is 1.44 bits per heavy atom. The third kappa shape index (κ3) is 2.37. The lowest BCUT2D eigenvalue weighted by Crippen LogP contribution is -2.77. The highest BCUT2D eigenvalue weighted by Gasteiger charge is 2.84. The highest BCUT2D eigenvalue weighted by molar-refractivity contribution is 5.74. The maximum atomic E-state index is 8.15. The van der Waals surface area contributed by atoms with Crippen LogP contribution in [0, 0.1) is 17.8 Å². The van der Waals surface area contributed by atoms with Gasteiger partial charge in [-0.05, 0) is 81.8 Å². The normalized spacial score (nSPS) is 50.6. The van der Waals surface area contributed by atoms with E-state index in [1.54, 1.807) is 22.3 Å². The van der Waals surface area contributed by atoms with Gasteiger partial charge in [-0.3, -0.25) is 9.80 Å². The van der Waals surface area contributed by atoms with Crippen molar-refractivity contribution in [3.05, 3.63) is 83.0 Å². The van der Waals surface area contributed by atoms with Crippen molar-refractivity contribution in [1.29, 1.82) is 0 Å². The first-order valence-electron chi connectivity index (χ1n) is 17.9. The zero-order valence-corrected chi connectivity index (χ0v) is 26.7. The summed E-state index contributed by atoms with van der Waals surface area (Å²) in [5.74, 6) is 1.24. The Bertz CT molecular complexity index is 1750. The lowest BCUT2D eigenvalue weighted by molar-refractivity contribution is -0.184. The van der Waals surface area contributed by atoms with E-state index < -0.39 is 5.60 Å². The van der Waals surface area contributed by atoms with Gasteiger partial charge in [0.1, 0.15) is 11.8 Å². The summed E-state index contributed by atoms with van der Waals surface area (Å²) < 4.78 is 15.2. The van der Waals surface area contributed by atoms with Gasteiger partial charge in [-0.25, -0.2) is 0 Å². The molecule has 2 saturated carbocycles. The maximum Gasteiger partial charge on any atom is 0.162 e. The summed E-state index contributed by atoms with van der Waals surface area (Å²) in [5.41, 5.74) is 9.05. The van der Waals surface area contributed by atoms with Crippen molar-refractivity contribution in [3.63, 3.8) is 0 Å². The summed E-state index contributed by atoms with van der Waals surface area (Å²) in [6, 6.07) is 20.9. The Balaban J connectivity index is 1.21. The molecule has 8 fully saturated rings. The predicted octanol–water partition coefficient (Wildman–Crippen LogP) is 5.05. The van der Waals surface area contributed by atoms with Gasteiger partial charge in [-0.2, -0.15) is 0 Å². The highest BCUT2D eigenvalue weighted by Crippen LogP contribution is 2.74. The van der Waals surface area contributed by atoms with Crippen LogP contribution in [0.25, 0.3) is 0 Å². The minimum absolute atomic E-state index is 0.0360. The van der Waals surface area contributed by atoms with Crippen molar-refractivity contribution in [2.45, 2.75) is 92.6 Å². The largest absolute Gasteiger partial charge is 0.358 e. The van der Waals surface area contributed by atoms with E-state index >= 15 is 0 Å². The first kappa shape index (κ1) is 25.4. The van der Waals surface area contributed by atoms with E-state index in [9.17, 15) is 0 Å². The Kier molecular flexibility index (Phi) is 4.47. The van der Waals surface area contributed by atoms with Crippen LogP contribution in [0.3, 0.4) is 0 Å². The molecule has 2 aliphatic carbocycles. The molecule has 12 rings (SSSR count). The first-order valence-corrected chi connectivity index (χ1v) is 17.9. The molecule has 6 bridgehead atoms. The molecule has 0 amide bonds. The molecule has 0 radical (unpaired) electrons. The van der Waals surface area contributed by atoms with Crippen LogP contribution in [0.5, 0.6) is 0 Å². The molecule has 2 aromatic carbocycles. The predicted molar refractivity (Wildman–Crippen MR) is 174 cm³/mol. The summed E-state index contributed by atoms with van der Waals surface area (Å²) in [6.45, 7) is 9.15. The molecule has 10 aliphatic rings. The van der Waals surface area contributed by atoms with Crippen LogP contribution in [0.1, 0.15) is 50.7 Å². The summed E-state index contributed by atoms with van der Waals surface area (Å²) in [7, 11) is 2.01. The van der Waals surface area contributed by atoms with Gasteiger partial charge < -0.3 is 19.3 Å². The lowest BCUT2D eigenvalue weighted by atomic mass is 9.52. The summed E-state index contributed by atoms with van der Waals surface area (Å²) >= 11 is 0. The second kappa shape index (κ2) is 7.90. The van der Waals surface area contributed by atoms with Crippen molar-refractivity contribution >= 4 is 11.4 Å². The third-order valence-corrected chi connectivity index (χ3v) is 15.6. The fourth-order valence-electron chi connectivity index (χ4n) is 14.6. The van der Waals surface area contributed by atoms with Crippen LogP contribution in [-0.4, -0.2) is 85.3 Å². The van der Waals surface area contributed by atoms with E-state index in [0.717, 1.165) is 13.1 Å². The van der Waals surface area contributed by atoms with Gasteiger partial charge in [0.15, 0.2) is 6.23 Å². The second-order valence-corrected chi connectivity index (χ2v) is 16.1. The highest BCUT2D eigenvalue weighted by atomic mass is 16.6. The van der Waals surface area contributed by atoms with Gasteiger partial charge in [0, 0.05) is 66.3 Å². The fourth-order valence-corrected chi connectivity index (χ4v) is 14.6. The van der Waals surface area contributed by atoms with E-state index in [0.29, 0.717) is 35.9 Å². The van der Waals surface area contributed by atoms with Gasteiger partial charge in [0.25, 0.3) is 0 Å². The maximum absolute atomic E-state index is 8.15. The minimum atomic E-state index is -0.453. The molecule has 6 saturated heterocycles. The molecule has 6 heteroatoms. The van der Waals surface area contributed by atoms with Gasteiger partial charge in [-0.1, -0.05) is 59.7 Å². The van der Waals surface area contributed by atoms with Gasteiger partial charge in [0.2, 0.25) is 0 Å². The number of hydrogen-bond acceptors (Lipinski definition) is 6. The van der Waals surface area contributed by atoms with Gasteiger partial charge >= 0.3 is 0 Å². The number of para-hydroxylation sites is 2. The smallest absolute Gasteiger partial charge is 0.162 e. The number of fused-ring (bicyclic) bond motifs is 10. The molecular weight excluding hydrogens is 556 g/mol. The standard InChI is InChI=1S/C39H44N4O2/c1-4-22-20-40-16-14-37-25-10-6-8-12-28(25)42-33(37)32(24(22)18-30(37)40)34-43-29-13-9-7-11-26(29)38-15-17-41-21-23(5-2)27(19-31(38)41)39(45-34,35(38)43)36(42)44-3/h4-13,24,27,30-36H,14-21H2,1-3H3/b22-4-,23-5-/t24-,27-,30-,31-,32?,33-,34?,35+,36?,37?,38?,39?/m0/s1. The molecule has 2 aromatic rings. The monoisotopic (exact) mass is 600 g/mol. The number of anilines is 2. The molecule has 0 N–H and O–H groups in total. The average Bonchev–Trinajstić information content (AvgIpc) is 3.86. The number of methoxy groups -OCH3 is 1. The first-order chi connectivity index (χ1) is 22.1. The quantitative estimate of drug-likeness (QED) is 0.427. The molecule has 12 atom stereocenters. The van der Waals surface area contributed by atoms with Crippen molar-refractivity contribution < 1.29 is 9.47 Å². The number of hydrogen-bond donors (Lipinski definition) is 0. The zero-order valence-electron chi connectivity index (χ0n) is 26.7. The van der Waals surface area contributed by atoms with Crippen molar-refractivity contribution in [1.82, 2.24) is 9.80 Å². The number of rotatable bonds is 1. The fraction of sp³-hybridized carbons (Fsp3) is 0.590. The Hall–Kier alpha value is -2.64. The Morgan fingerprint density at radius 1 is 0.800 bits per heavy atom. The molecular formula is C39H44N4O2. The summed E-state index contributed by atoms with van der Waals surface area (Å²) in [5, 5.41) is 0. The van der Waals surface area contributed by atoms with Gasteiger partial charge in [0.05, 0.1) is 12.1 Å². The van der Waals surface area contributed by atoms with Crippen LogP contribution in [-0.2, 0) is 20.3 Å². The molecule has 0 aromatic heterocycles. The van der Waals surface area contributed by atoms with E-state index in [2.05, 4.69) is 94.1 Å². The Morgan fingerprint density at radius 3 is 2.18 bits per heavy atom. The van der Waals surface area contributed by atoms with Crippen molar-refractivity contribution in [3.8, 4) is 0 Å². The zero-order chi connectivity index (χ0) is 29.6. The van der Waals surface area contributed by atoms with Gasteiger partial charge in [-0.15, -0.1) is 0 Å². The van der Waals surface area contributed by atoms with Crippen LogP contribution in [0.15, 0.2) is 71.8 Å². The van der Waals surface area contributed by atoms with Crippen LogP contribution in [0.2, 0.25) is 0 Å². The summed E-state index contributed by atoms with van der Waals surface area (Å²) in [4.78, 5) is 11.5. The van der Waals surface area contributed by atoms with Crippen LogP contribution < -0.4 is 9.80 Å². The van der Waals surface area contributed by atoms with E-state index in [1.807, 2.05) is 7.11 Å². The second-order valence-electron chi connectivity index (χ2n) is 16.1. The molecule has 8 heterocycles. The molecule has 8 aliphatic heterocycles. The number of allylic oxidation sites excluding steroid dienone is 2. The van der Waals surface area contributed by atoms with Crippen LogP contribution >= 0.6 is 0 Å². The topological polar surface area (TPSA) is 31.4 Å². The van der Waals surface area contributed by atoms with Crippen LogP contribution in [0.4, 0.5) is 11.4 Å². The van der Waals surface area contributed by atoms with E-state index in [-0.39, 0.29) is 29.3 Å². The number of piperidine rings is 2. The molecule has 232 valence electrons. The number of benzene rings is 2. The Labute approximate surface area is 266 Å². The van der Waals surface area contributed by atoms with Crippen molar-refractivity contribution in [2.24, 2.45) is 17.8 Å². The SMILES string of the molecule is C/C=C1/CN2CCC34c5ccccc5N5C(OC)C67OC(C([C@H]53)[C@H]1C[C@H]24)N1c2ccccc2C2(CCN3C/C(=C/C)[C@@H]6C[C@H]32)[C@@H]17. The molecule has 6 nitrogen and oxygen atoms in total. The number of nitrogens with zero attached hydrogens (tertiary/aromatic N) is 4. The minimum Gasteiger partial charge on any atom is -0.358 e. The molecule has 3 spiro atoms. The molecule has 45 heavy (non-hydrogen) atoms. The average molecular weight is 601 g/mol. The van der Waals surface area contributed by atoms with Crippen molar-refractivity contribution in [2.75, 3.05) is 43.1 Å². The molecule has 6 unspecified atom stereocenters. The van der Waals surface area contributed by atoms with E-state index in [4.69, 9.17) is 9.47 Å². The third-order valence-electron chi connectivity index (χ3n) is 15.6. The lowest BCUT2D eigenvalue weighted by Gasteiger charge is -2.63. The number of ether oxygens (including phenoxy) is 2. The summed E-state index contributed by atoms with van der Waals surface area (Å²) in [6.07, 6.45) is 9.68. The van der Waals surface area contributed by atoms with E-state index in [1.165, 1.54) is 50.1 Å².